The van der Waals surface area contributed by atoms with Gasteiger partial charge in [-0.1, -0.05) is 0 Å². The molecule has 1 amide bonds. The zero-order chi connectivity index (χ0) is 18.5. The van der Waals surface area contributed by atoms with Crippen LogP contribution in [-0.4, -0.2) is 47.5 Å². The molecule has 0 spiro atoms. The van der Waals surface area contributed by atoms with Gasteiger partial charge in [0.1, 0.15) is 0 Å². The lowest BCUT2D eigenvalue weighted by atomic mass is 10.1. The van der Waals surface area contributed by atoms with Crippen molar-refractivity contribution in [2.75, 3.05) is 32.1 Å². The number of halogens is 2. The van der Waals surface area contributed by atoms with Crippen molar-refractivity contribution < 1.29 is 18.3 Å². The molecule has 1 saturated heterocycles. The van der Waals surface area contributed by atoms with E-state index < -0.39 is 11.6 Å². The summed E-state index contributed by atoms with van der Waals surface area (Å²) >= 11 is 0. The Kier molecular flexibility index (Phi) is 5.82. The third kappa shape index (κ3) is 4.19. The lowest BCUT2D eigenvalue weighted by molar-refractivity contribution is -0.116. The minimum atomic E-state index is -1.07. The molecule has 0 unspecified atom stereocenters. The Bertz CT molecular complexity index is 773. The second kappa shape index (κ2) is 8.27. The summed E-state index contributed by atoms with van der Waals surface area (Å²) in [5, 5.41) is 2.65. The first kappa shape index (κ1) is 18.3. The van der Waals surface area contributed by atoms with E-state index in [9.17, 15) is 13.6 Å². The topological polar surface area (TPSA) is 70.2 Å². The van der Waals surface area contributed by atoms with Crippen molar-refractivity contribution in [1.82, 2.24) is 14.9 Å². The van der Waals surface area contributed by atoms with Gasteiger partial charge in [-0.2, -0.15) is 4.39 Å². The van der Waals surface area contributed by atoms with Gasteiger partial charge in [-0.25, -0.2) is 9.37 Å². The Morgan fingerprint density at radius 2 is 2.08 bits per heavy atom. The maximum absolute atomic E-state index is 14.1. The number of hydrogen-bond acceptors (Lipinski definition) is 4. The van der Waals surface area contributed by atoms with Crippen molar-refractivity contribution in [3.8, 4) is 17.0 Å². The van der Waals surface area contributed by atoms with Crippen LogP contribution in [0.4, 0.5) is 14.7 Å². The van der Waals surface area contributed by atoms with Gasteiger partial charge in [-0.05, 0) is 51.0 Å². The summed E-state index contributed by atoms with van der Waals surface area (Å²) in [5.74, 6) is -2.23. The molecule has 0 saturated carbocycles. The molecule has 2 heterocycles. The number of aromatic nitrogens is 2. The molecule has 8 heteroatoms. The van der Waals surface area contributed by atoms with Crippen LogP contribution in [0.15, 0.2) is 18.3 Å². The molecule has 1 fully saturated rings. The van der Waals surface area contributed by atoms with Gasteiger partial charge in [0.05, 0.1) is 12.8 Å². The van der Waals surface area contributed by atoms with E-state index in [1.807, 2.05) is 0 Å². The van der Waals surface area contributed by atoms with E-state index in [-0.39, 0.29) is 28.9 Å². The van der Waals surface area contributed by atoms with E-state index in [0.29, 0.717) is 6.42 Å². The molecule has 140 valence electrons. The maximum Gasteiger partial charge on any atom is 0.226 e. The number of nitrogens with one attached hydrogen (secondary N) is 2. The highest BCUT2D eigenvalue weighted by molar-refractivity contribution is 5.89. The molecule has 1 aliphatic rings. The molecular formula is C18H22F2N4O2. The summed E-state index contributed by atoms with van der Waals surface area (Å²) in [6, 6.07) is 2.72. The quantitative estimate of drug-likeness (QED) is 0.792. The molecule has 0 radical (unpaired) electrons. The number of imidazole rings is 1. The fourth-order valence-electron chi connectivity index (χ4n) is 3.07. The Morgan fingerprint density at radius 1 is 1.31 bits per heavy atom. The first-order valence-electron chi connectivity index (χ1n) is 8.68. The van der Waals surface area contributed by atoms with E-state index in [1.165, 1.54) is 38.3 Å². The summed E-state index contributed by atoms with van der Waals surface area (Å²) < 4.78 is 32.7. The number of methoxy groups -OCH3 is 1. The number of ether oxygens (including phenoxy) is 1. The number of rotatable bonds is 7. The fraction of sp³-hybridized carbons (Fsp3) is 0.444. The Morgan fingerprint density at radius 3 is 2.81 bits per heavy atom. The number of anilines is 1. The van der Waals surface area contributed by atoms with Crippen LogP contribution in [0.2, 0.25) is 0 Å². The number of carbonyl (C=O) groups is 1. The van der Waals surface area contributed by atoms with Crippen molar-refractivity contribution in [1.29, 1.82) is 0 Å². The van der Waals surface area contributed by atoms with Gasteiger partial charge in [0.15, 0.2) is 11.6 Å². The normalized spacial score (nSPS) is 14.6. The molecule has 0 bridgehead atoms. The number of nitrogens with zero attached hydrogens (tertiary/aromatic N) is 2. The zero-order valence-corrected chi connectivity index (χ0v) is 14.6. The first-order chi connectivity index (χ1) is 12.6. The summed E-state index contributed by atoms with van der Waals surface area (Å²) in [5.41, 5.74) is 0.200. The van der Waals surface area contributed by atoms with E-state index in [4.69, 9.17) is 4.74 Å². The largest absolute Gasteiger partial charge is 0.494 e. The number of H-pyrrole nitrogens is 1. The van der Waals surface area contributed by atoms with Crippen molar-refractivity contribution in [2.24, 2.45) is 0 Å². The SMILES string of the molecule is COc1ccc(-c2c[nH]c(NC(=O)CCCN3CCCC3)n2)c(F)c1F. The summed E-state index contributed by atoms with van der Waals surface area (Å²) in [4.78, 5) is 21.2. The summed E-state index contributed by atoms with van der Waals surface area (Å²) in [6.07, 6.45) is 5.04. The molecule has 1 aromatic heterocycles. The van der Waals surface area contributed by atoms with Crippen molar-refractivity contribution in [3.63, 3.8) is 0 Å². The van der Waals surface area contributed by atoms with Crippen LogP contribution in [0, 0.1) is 11.6 Å². The van der Waals surface area contributed by atoms with E-state index in [1.54, 1.807) is 0 Å². The van der Waals surface area contributed by atoms with Crippen LogP contribution >= 0.6 is 0 Å². The monoisotopic (exact) mass is 364 g/mol. The van der Waals surface area contributed by atoms with Crippen LogP contribution in [-0.2, 0) is 4.79 Å². The maximum atomic E-state index is 14.1. The lowest BCUT2D eigenvalue weighted by Crippen LogP contribution is -2.22. The molecule has 1 aliphatic heterocycles. The number of aromatic amines is 1. The van der Waals surface area contributed by atoms with Crippen LogP contribution in [0.3, 0.4) is 0 Å². The Labute approximate surface area is 150 Å². The van der Waals surface area contributed by atoms with Gasteiger partial charge in [0, 0.05) is 18.2 Å². The van der Waals surface area contributed by atoms with Gasteiger partial charge in [-0.15, -0.1) is 0 Å². The number of amides is 1. The van der Waals surface area contributed by atoms with Gasteiger partial charge in [0.2, 0.25) is 17.7 Å². The minimum Gasteiger partial charge on any atom is -0.494 e. The minimum absolute atomic E-state index is 0.00548. The molecule has 3 rings (SSSR count). The number of likely N-dealkylation sites (tertiary alicyclic amines) is 1. The molecular weight excluding hydrogens is 342 g/mol. The number of hydrogen-bond donors (Lipinski definition) is 2. The predicted octanol–water partition coefficient (Wildman–Crippen LogP) is 3.18. The van der Waals surface area contributed by atoms with Crippen LogP contribution < -0.4 is 10.1 Å². The fourth-order valence-corrected chi connectivity index (χ4v) is 3.07. The molecule has 2 N–H and O–H groups in total. The zero-order valence-electron chi connectivity index (χ0n) is 14.6. The van der Waals surface area contributed by atoms with Gasteiger partial charge >= 0.3 is 0 Å². The molecule has 26 heavy (non-hydrogen) atoms. The predicted molar refractivity (Wildman–Crippen MR) is 94.0 cm³/mol. The van der Waals surface area contributed by atoms with Crippen molar-refractivity contribution in [2.45, 2.75) is 25.7 Å². The Hall–Kier alpha value is -2.48. The lowest BCUT2D eigenvalue weighted by Gasteiger charge is -2.13. The summed E-state index contributed by atoms with van der Waals surface area (Å²) in [7, 11) is 1.27. The van der Waals surface area contributed by atoms with Crippen LogP contribution in [0.25, 0.3) is 11.3 Å². The van der Waals surface area contributed by atoms with Gasteiger partial charge in [0.25, 0.3) is 0 Å². The second-order valence-corrected chi connectivity index (χ2v) is 6.28. The number of carbonyl (C=O) groups excluding carboxylic acids is 1. The number of benzene rings is 1. The molecule has 0 atom stereocenters. The molecule has 0 aliphatic carbocycles. The van der Waals surface area contributed by atoms with Crippen LogP contribution in [0.5, 0.6) is 5.75 Å². The molecule has 1 aromatic carbocycles. The molecule has 6 nitrogen and oxygen atoms in total. The van der Waals surface area contributed by atoms with Gasteiger partial charge in [-0.3, -0.25) is 10.1 Å². The van der Waals surface area contributed by atoms with Crippen LogP contribution in [0.1, 0.15) is 25.7 Å². The average Bonchev–Trinajstić information content (AvgIpc) is 3.29. The van der Waals surface area contributed by atoms with E-state index >= 15 is 0 Å². The molecule has 2 aromatic rings. The van der Waals surface area contributed by atoms with Gasteiger partial charge < -0.3 is 14.6 Å². The first-order valence-corrected chi connectivity index (χ1v) is 8.68. The van der Waals surface area contributed by atoms with Crippen molar-refractivity contribution in [3.05, 3.63) is 30.0 Å². The highest BCUT2D eigenvalue weighted by atomic mass is 19.2. The highest BCUT2D eigenvalue weighted by Crippen LogP contribution is 2.29. The summed E-state index contributed by atoms with van der Waals surface area (Å²) in [6.45, 7) is 3.12. The highest BCUT2D eigenvalue weighted by Gasteiger charge is 2.18. The third-order valence-electron chi connectivity index (χ3n) is 4.46. The van der Waals surface area contributed by atoms with Crippen molar-refractivity contribution >= 4 is 11.9 Å². The Balaban J connectivity index is 1.57. The average molecular weight is 364 g/mol. The van der Waals surface area contributed by atoms with E-state index in [2.05, 4.69) is 20.2 Å². The third-order valence-corrected chi connectivity index (χ3v) is 4.46. The second-order valence-electron chi connectivity index (χ2n) is 6.28. The van der Waals surface area contributed by atoms with E-state index in [0.717, 1.165) is 26.1 Å². The standard InChI is InChI=1S/C18H22F2N4O2/c1-26-14-7-6-12(16(19)17(14)20)13-11-21-18(22-13)23-15(25)5-4-10-24-8-2-3-9-24/h6-7,11H,2-5,8-10H2,1H3,(H2,21,22,23,25). The smallest absolute Gasteiger partial charge is 0.226 e.